The second-order valence-electron chi connectivity index (χ2n) is 2.64. The Balaban J connectivity index is 3.33. The maximum Gasteiger partial charge on any atom is 0.340 e. The predicted molar refractivity (Wildman–Crippen MR) is 51.9 cm³/mol. The third kappa shape index (κ3) is 1.75. The predicted octanol–water partition coefficient (Wildman–Crippen LogP) is 2.02. The Kier molecular flexibility index (Phi) is 2.78. The van der Waals surface area contributed by atoms with Gasteiger partial charge in [0.2, 0.25) is 0 Å². The van der Waals surface area contributed by atoms with Crippen molar-refractivity contribution in [2.45, 2.75) is 6.92 Å². The molecule has 0 bridgehead atoms. The molecule has 2 N–H and O–H groups in total. The van der Waals surface area contributed by atoms with Gasteiger partial charge in [-0.3, -0.25) is 0 Å². The van der Waals surface area contributed by atoms with E-state index in [0.29, 0.717) is 10.6 Å². The van der Waals surface area contributed by atoms with Crippen molar-refractivity contribution >= 4 is 23.3 Å². The lowest BCUT2D eigenvalue weighted by atomic mass is 10.1. The van der Waals surface area contributed by atoms with Gasteiger partial charge < -0.3 is 10.5 Å². The minimum atomic E-state index is -0.461. The second kappa shape index (κ2) is 3.66. The number of carbonyl (C=O) groups excluding carboxylic acids is 1. The van der Waals surface area contributed by atoms with E-state index in [9.17, 15) is 4.79 Å². The largest absolute Gasteiger partial charge is 0.465 e. The minimum absolute atomic E-state index is 0.272. The number of nitrogen functional groups attached to an aromatic ring is 1. The summed E-state index contributed by atoms with van der Waals surface area (Å²) in [6.07, 6.45) is 0. The van der Waals surface area contributed by atoms with Crippen LogP contribution in [-0.2, 0) is 4.74 Å². The third-order valence-corrected chi connectivity index (χ3v) is 2.12. The van der Waals surface area contributed by atoms with E-state index in [2.05, 4.69) is 4.74 Å². The lowest BCUT2D eigenvalue weighted by Gasteiger charge is -2.08. The maximum absolute atomic E-state index is 11.2. The van der Waals surface area contributed by atoms with Crippen molar-refractivity contribution in [1.82, 2.24) is 0 Å². The molecule has 4 heteroatoms. The van der Waals surface area contributed by atoms with Crippen LogP contribution in [0.25, 0.3) is 0 Å². The van der Waals surface area contributed by atoms with Crippen LogP contribution in [0.2, 0.25) is 5.02 Å². The molecule has 0 aliphatic heterocycles. The zero-order valence-electron chi connectivity index (χ0n) is 7.43. The van der Waals surface area contributed by atoms with Crippen LogP contribution in [0, 0.1) is 6.92 Å². The van der Waals surface area contributed by atoms with E-state index in [0.717, 1.165) is 5.56 Å². The highest BCUT2D eigenvalue weighted by Crippen LogP contribution is 2.25. The molecule has 70 valence electrons. The second-order valence-corrected chi connectivity index (χ2v) is 3.05. The van der Waals surface area contributed by atoms with Gasteiger partial charge in [0.25, 0.3) is 0 Å². The van der Waals surface area contributed by atoms with Crippen LogP contribution >= 0.6 is 11.6 Å². The molecule has 0 heterocycles. The summed E-state index contributed by atoms with van der Waals surface area (Å²) in [5, 5.41) is 0.367. The quantitative estimate of drug-likeness (QED) is 0.556. The lowest BCUT2D eigenvalue weighted by molar-refractivity contribution is 0.0601. The zero-order valence-corrected chi connectivity index (χ0v) is 8.18. The SMILES string of the molecule is COC(=O)c1c(C)ccc(Cl)c1N. The average molecular weight is 200 g/mol. The van der Waals surface area contributed by atoms with Crippen LogP contribution in [0.15, 0.2) is 12.1 Å². The van der Waals surface area contributed by atoms with Crippen LogP contribution in [0.5, 0.6) is 0 Å². The fraction of sp³-hybridized carbons (Fsp3) is 0.222. The van der Waals surface area contributed by atoms with E-state index in [1.54, 1.807) is 19.1 Å². The minimum Gasteiger partial charge on any atom is -0.465 e. The number of benzene rings is 1. The van der Waals surface area contributed by atoms with Gasteiger partial charge in [-0.2, -0.15) is 0 Å². The van der Waals surface area contributed by atoms with E-state index in [-0.39, 0.29) is 5.69 Å². The number of rotatable bonds is 1. The lowest BCUT2D eigenvalue weighted by Crippen LogP contribution is -2.08. The molecule has 1 rings (SSSR count). The molecule has 0 spiro atoms. The van der Waals surface area contributed by atoms with Crippen molar-refractivity contribution in [3.63, 3.8) is 0 Å². The number of hydrogen-bond acceptors (Lipinski definition) is 3. The van der Waals surface area contributed by atoms with E-state index < -0.39 is 5.97 Å². The molecule has 0 aliphatic carbocycles. The Labute approximate surface area is 81.4 Å². The molecule has 1 aromatic rings. The van der Waals surface area contributed by atoms with Gasteiger partial charge in [-0.25, -0.2) is 4.79 Å². The van der Waals surface area contributed by atoms with Crippen molar-refractivity contribution in [3.8, 4) is 0 Å². The molecular weight excluding hydrogens is 190 g/mol. The Morgan fingerprint density at radius 3 is 2.69 bits per heavy atom. The number of anilines is 1. The first-order chi connectivity index (χ1) is 6.07. The molecule has 0 radical (unpaired) electrons. The topological polar surface area (TPSA) is 52.3 Å². The van der Waals surface area contributed by atoms with Gasteiger partial charge in [-0.05, 0) is 18.6 Å². The van der Waals surface area contributed by atoms with Crippen LogP contribution in [0.4, 0.5) is 5.69 Å². The summed E-state index contributed by atoms with van der Waals surface area (Å²) < 4.78 is 4.58. The smallest absolute Gasteiger partial charge is 0.340 e. The molecule has 0 saturated heterocycles. The number of nitrogens with two attached hydrogens (primary N) is 1. The zero-order chi connectivity index (χ0) is 10.0. The van der Waals surface area contributed by atoms with Crippen molar-refractivity contribution < 1.29 is 9.53 Å². The number of esters is 1. The molecule has 0 amide bonds. The molecule has 0 saturated carbocycles. The molecule has 0 aromatic heterocycles. The van der Waals surface area contributed by atoms with Crippen LogP contribution in [-0.4, -0.2) is 13.1 Å². The summed E-state index contributed by atoms with van der Waals surface area (Å²) in [5.41, 5.74) is 7.00. The normalized spacial score (nSPS) is 9.77. The Morgan fingerprint density at radius 2 is 2.15 bits per heavy atom. The van der Waals surface area contributed by atoms with E-state index in [1.807, 2.05) is 0 Å². The molecule has 13 heavy (non-hydrogen) atoms. The summed E-state index contributed by atoms with van der Waals surface area (Å²) in [4.78, 5) is 11.2. The van der Waals surface area contributed by atoms with Crippen LogP contribution in [0.1, 0.15) is 15.9 Å². The summed E-state index contributed by atoms with van der Waals surface area (Å²) in [5.74, 6) is -0.461. The van der Waals surface area contributed by atoms with E-state index in [1.165, 1.54) is 7.11 Å². The fourth-order valence-corrected chi connectivity index (χ4v) is 1.23. The first-order valence-corrected chi connectivity index (χ1v) is 4.08. The molecule has 1 aromatic carbocycles. The highest BCUT2D eigenvalue weighted by Gasteiger charge is 2.14. The highest BCUT2D eigenvalue weighted by atomic mass is 35.5. The maximum atomic E-state index is 11.2. The summed E-state index contributed by atoms with van der Waals surface area (Å²) in [7, 11) is 1.31. The number of halogens is 1. The van der Waals surface area contributed by atoms with Gasteiger partial charge in [0, 0.05) is 0 Å². The first-order valence-electron chi connectivity index (χ1n) is 3.70. The number of aryl methyl sites for hydroxylation is 1. The molecular formula is C9H10ClNO2. The van der Waals surface area contributed by atoms with Crippen LogP contribution in [0.3, 0.4) is 0 Å². The van der Waals surface area contributed by atoms with Gasteiger partial charge in [0.1, 0.15) is 0 Å². The van der Waals surface area contributed by atoms with Gasteiger partial charge in [0.15, 0.2) is 0 Å². The molecule has 0 atom stereocenters. The standard InChI is InChI=1S/C9H10ClNO2/c1-5-3-4-6(10)8(11)7(5)9(12)13-2/h3-4H,11H2,1-2H3. The average Bonchev–Trinajstić information content (AvgIpc) is 2.12. The molecule has 0 aliphatic rings. The molecule has 0 unspecified atom stereocenters. The number of methoxy groups -OCH3 is 1. The monoisotopic (exact) mass is 199 g/mol. The molecule has 3 nitrogen and oxygen atoms in total. The highest BCUT2D eigenvalue weighted by molar-refractivity contribution is 6.33. The van der Waals surface area contributed by atoms with Crippen molar-refractivity contribution in [3.05, 3.63) is 28.3 Å². The van der Waals surface area contributed by atoms with Crippen LogP contribution < -0.4 is 5.73 Å². The number of ether oxygens (including phenoxy) is 1. The van der Waals surface area contributed by atoms with Crippen molar-refractivity contribution in [2.75, 3.05) is 12.8 Å². The fourth-order valence-electron chi connectivity index (χ4n) is 1.08. The van der Waals surface area contributed by atoms with E-state index in [4.69, 9.17) is 17.3 Å². The first kappa shape index (κ1) is 9.86. The number of hydrogen-bond donors (Lipinski definition) is 1. The van der Waals surface area contributed by atoms with Gasteiger partial charge in [0.05, 0.1) is 23.4 Å². The Morgan fingerprint density at radius 1 is 1.54 bits per heavy atom. The van der Waals surface area contributed by atoms with Crippen molar-refractivity contribution in [1.29, 1.82) is 0 Å². The Bertz CT molecular complexity index is 350. The van der Waals surface area contributed by atoms with Gasteiger partial charge in [-0.1, -0.05) is 17.7 Å². The summed E-state index contributed by atoms with van der Waals surface area (Å²) in [6.45, 7) is 1.78. The van der Waals surface area contributed by atoms with Crippen molar-refractivity contribution in [2.24, 2.45) is 0 Å². The van der Waals surface area contributed by atoms with Gasteiger partial charge in [-0.15, -0.1) is 0 Å². The van der Waals surface area contributed by atoms with Gasteiger partial charge >= 0.3 is 5.97 Å². The van der Waals surface area contributed by atoms with E-state index >= 15 is 0 Å². The molecule has 0 fully saturated rings. The summed E-state index contributed by atoms with van der Waals surface area (Å²) >= 11 is 5.75. The number of carbonyl (C=O) groups is 1. The third-order valence-electron chi connectivity index (χ3n) is 1.79. The Hall–Kier alpha value is -1.22. The summed E-state index contributed by atoms with van der Waals surface area (Å²) in [6, 6.07) is 3.38.